The molecule has 0 radical (unpaired) electrons. The average Bonchev–Trinajstić information content (AvgIpc) is 3.55. The molecule has 2 heterocycles. The number of amides is 3. The molecule has 1 aliphatic heterocycles. The minimum atomic E-state index is -4.63. The number of quaternary nitrogens is 1. The molecule has 59 heavy (non-hydrogen) atoms. The van der Waals surface area contributed by atoms with Gasteiger partial charge in [-0.2, -0.15) is 4.98 Å². The van der Waals surface area contributed by atoms with Crippen LogP contribution in [-0.4, -0.2) is 129 Å². The van der Waals surface area contributed by atoms with Crippen LogP contribution in [0.4, 0.5) is 10.6 Å². The lowest BCUT2D eigenvalue weighted by Crippen LogP contribution is -3.00. The fourth-order valence-corrected chi connectivity index (χ4v) is 6.21. The minimum Gasteiger partial charge on any atom is -1.00 e. The Balaban J connectivity index is 0.0000120. The van der Waals surface area contributed by atoms with E-state index in [0.29, 0.717) is 11.0 Å². The van der Waals surface area contributed by atoms with Crippen molar-refractivity contribution in [2.24, 2.45) is 0 Å². The van der Waals surface area contributed by atoms with Crippen LogP contribution >= 0.6 is 7.82 Å². The van der Waals surface area contributed by atoms with E-state index >= 15 is 0 Å². The number of benzene rings is 1. The predicted octanol–water partition coefficient (Wildman–Crippen LogP) is -0.973. The lowest BCUT2D eigenvalue weighted by Gasteiger charge is -2.25. The number of nitrogens with zero attached hydrogens (tertiary/aromatic N) is 3. The Morgan fingerprint density at radius 2 is 1.71 bits per heavy atom. The van der Waals surface area contributed by atoms with Gasteiger partial charge in [0, 0.05) is 19.5 Å². The molecule has 20 nitrogen and oxygen atoms in total. The maximum atomic E-state index is 13.9. The summed E-state index contributed by atoms with van der Waals surface area (Å²) in [4.78, 5) is 79.8. The summed E-state index contributed by atoms with van der Waals surface area (Å²) in [5, 5.41) is 7.27. The molecule has 1 aliphatic rings. The molecule has 0 saturated carbocycles. The molecule has 3 N–H and O–H groups in total. The second-order valence-corrected chi connectivity index (χ2v) is 15.5. The molecule has 2 aromatic rings. The molecule has 0 bridgehead atoms. The third-order valence-electron chi connectivity index (χ3n) is 7.92. The monoisotopic (exact) mass is 914 g/mol. The van der Waals surface area contributed by atoms with Gasteiger partial charge in [0.2, 0.25) is 11.8 Å². The number of hydrogen-bond acceptors (Lipinski definition) is 15. The van der Waals surface area contributed by atoms with Gasteiger partial charge in [0.05, 0.1) is 47.4 Å². The first-order chi connectivity index (χ1) is 27.4. The highest BCUT2D eigenvalue weighted by Crippen LogP contribution is 2.50. The molecule has 1 aromatic heterocycles. The number of rotatable bonds is 23. The highest BCUT2D eigenvalue weighted by Gasteiger charge is 2.42. The molecular formula is C37H52BrN6O14P. The third-order valence-corrected chi connectivity index (χ3v) is 9.32. The van der Waals surface area contributed by atoms with Gasteiger partial charge in [-0.15, -0.1) is 6.58 Å². The van der Waals surface area contributed by atoms with E-state index in [4.69, 9.17) is 32.5 Å². The number of halogens is 1. The largest absolute Gasteiger partial charge is 1.00 e. The van der Waals surface area contributed by atoms with Crippen LogP contribution in [0.5, 0.6) is 0 Å². The number of carbonyl (C=O) groups is 5. The van der Waals surface area contributed by atoms with Gasteiger partial charge in [-0.3, -0.25) is 32.5 Å². The fraction of sp³-hybridized carbons (Fsp3) is 0.486. The number of esters is 2. The summed E-state index contributed by atoms with van der Waals surface area (Å²) < 4.78 is 53.5. The lowest BCUT2D eigenvalue weighted by atomic mass is 10.1. The normalized spacial score (nSPS) is 18.1. The topological polar surface area (TPSA) is 238 Å². The summed E-state index contributed by atoms with van der Waals surface area (Å²) >= 11 is 0. The van der Waals surface area contributed by atoms with Crippen molar-refractivity contribution in [3.8, 4) is 0 Å². The molecule has 1 fully saturated rings. The molecule has 326 valence electrons. The van der Waals surface area contributed by atoms with E-state index in [0.717, 1.165) is 17.1 Å². The Morgan fingerprint density at radius 3 is 2.34 bits per heavy atom. The quantitative estimate of drug-likeness (QED) is 0.0400. The number of phosphoric acid groups is 1. The summed E-state index contributed by atoms with van der Waals surface area (Å²) in [5.74, 6) is -2.73. The maximum Gasteiger partial charge on any atom is 0.475 e. The van der Waals surface area contributed by atoms with Gasteiger partial charge in [-0.05, 0) is 18.6 Å². The number of hydrogen-bond donors (Lipinski definition) is 3. The zero-order valence-electron chi connectivity index (χ0n) is 33.5. The smallest absolute Gasteiger partial charge is 0.475 e. The Hall–Kier alpha value is -4.76. The summed E-state index contributed by atoms with van der Waals surface area (Å²) in [6.45, 7) is 8.15. The molecule has 3 rings (SSSR count). The number of carbonyl (C=O) groups excluding carboxylic acids is 5. The number of nitrogens with one attached hydrogen (secondary N) is 3. The summed E-state index contributed by atoms with van der Waals surface area (Å²) in [5.41, 5.74) is -0.0207. The van der Waals surface area contributed by atoms with Crippen LogP contribution < -0.4 is 38.6 Å². The van der Waals surface area contributed by atoms with E-state index in [9.17, 15) is 33.3 Å². The second kappa shape index (κ2) is 24.4. The Labute approximate surface area is 352 Å². The van der Waals surface area contributed by atoms with Crippen molar-refractivity contribution in [1.82, 2.24) is 20.2 Å². The van der Waals surface area contributed by atoms with E-state index in [2.05, 4.69) is 34.1 Å². The average molecular weight is 916 g/mol. The standard InChI is InChI=1S/C37H51N6O14P.BrH/c1-8-18-52-37(49)39-28(34(46)38-25(3)35(47)51-20-17-43(5,6)7)23-54-58(50,53-19-9-2)55-24-30-29(56-26(4)44)22-33(57-30)42-16-15-31(41-36(42)48)40-32(45)21-27-13-11-10-12-14-27;/h8-16,25,28-30,33H,1-2,17-24H2,3-7H3,(H2-,38,39,40,41,45,46,48,49);1H/t25-,28-,29-,30+,33+,58?;/m0./s1. The molecule has 1 unspecified atom stereocenters. The first-order valence-corrected chi connectivity index (χ1v) is 19.6. The SMILES string of the molecule is C=CCOC(=O)N[C@@H](COP(=O)(OCC=C)OC[C@H]1O[C@@H](n2ccc(NC(=O)Cc3ccccc3)nc2=O)C[C@@H]1OC(C)=O)C(=O)N[C@@H](C)C(=O)OCC[N+](C)(C)C.[Br-]. The van der Waals surface area contributed by atoms with Gasteiger partial charge in [-0.25, -0.2) is 18.9 Å². The first-order valence-electron chi connectivity index (χ1n) is 18.1. The van der Waals surface area contributed by atoms with E-state index in [1.54, 1.807) is 24.3 Å². The Morgan fingerprint density at radius 1 is 1.02 bits per heavy atom. The minimum absolute atomic E-state index is 0. The van der Waals surface area contributed by atoms with Crippen molar-refractivity contribution in [2.45, 2.75) is 57.2 Å². The van der Waals surface area contributed by atoms with Gasteiger partial charge in [0.15, 0.2) is 0 Å². The molecule has 0 aliphatic carbocycles. The van der Waals surface area contributed by atoms with E-state index in [1.807, 2.05) is 27.2 Å². The Kier molecular flexibility index (Phi) is 20.8. The highest BCUT2D eigenvalue weighted by molar-refractivity contribution is 7.48. The molecular weight excluding hydrogens is 863 g/mol. The Bertz CT molecular complexity index is 1860. The van der Waals surface area contributed by atoms with E-state index in [-0.39, 0.29) is 61.4 Å². The number of aromatic nitrogens is 2. The first kappa shape index (κ1) is 50.4. The molecule has 1 aromatic carbocycles. The van der Waals surface area contributed by atoms with Gasteiger partial charge in [0.25, 0.3) is 0 Å². The lowest BCUT2D eigenvalue weighted by molar-refractivity contribution is -0.870. The van der Waals surface area contributed by atoms with Crippen LogP contribution in [0.1, 0.15) is 32.1 Å². The number of alkyl carbamates (subject to hydrolysis) is 1. The van der Waals surface area contributed by atoms with Crippen LogP contribution in [0.15, 0.2) is 72.7 Å². The number of likely N-dealkylation sites (N-methyl/N-ethyl adjacent to an activating group) is 1. The molecule has 6 atom stereocenters. The van der Waals surface area contributed by atoms with Crippen molar-refractivity contribution < 1.29 is 82.5 Å². The third kappa shape index (κ3) is 18.0. The van der Waals surface area contributed by atoms with Crippen LogP contribution in [0, 0.1) is 0 Å². The summed E-state index contributed by atoms with van der Waals surface area (Å²) in [6.07, 6.45) is -0.363. The van der Waals surface area contributed by atoms with Crippen molar-refractivity contribution >= 4 is 43.5 Å². The number of phosphoric ester groups is 1. The zero-order valence-corrected chi connectivity index (χ0v) is 36.0. The summed E-state index contributed by atoms with van der Waals surface area (Å²) in [7, 11) is 1.11. The van der Waals surface area contributed by atoms with Crippen molar-refractivity contribution in [1.29, 1.82) is 0 Å². The van der Waals surface area contributed by atoms with Crippen molar-refractivity contribution in [3.05, 3.63) is 84.0 Å². The number of anilines is 1. The molecule has 3 amide bonds. The fourth-order valence-electron chi connectivity index (χ4n) is 5.03. The maximum absolute atomic E-state index is 13.9. The van der Waals surface area contributed by atoms with Gasteiger partial charge >= 0.3 is 31.5 Å². The van der Waals surface area contributed by atoms with Crippen LogP contribution in [-0.2, 0) is 62.7 Å². The predicted molar refractivity (Wildman–Crippen MR) is 207 cm³/mol. The van der Waals surface area contributed by atoms with Crippen LogP contribution in [0.2, 0.25) is 0 Å². The van der Waals surface area contributed by atoms with E-state index in [1.165, 1.54) is 31.3 Å². The molecule has 22 heteroatoms. The van der Waals surface area contributed by atoms with Crippen molar-refractivity contribution in [2.75, 3.05) is 66.0 Å². The van der Waals surface area contributed by atoms with Gasteiger partial charge in [-0.1, -0.05) is 49.1 Å². The van der Waals surface area contributed by atoms with Crippen LogP contribution in [0.25, 0.3) is 0 Å². The van der Waals surface area contributed by atoms with Crippen LogP contribution in [0.3, 0.4) is 0 Å². The van der Waals surface area contributed by atoms with E-state index < -0.39 is 81.2 Å². The molecule has 1 saturated heterocycles. The zero-order chi connectivity index (χ0) is 42.9. The molecule has 0 spiro atoms. The highest BCUT2D eigenvalue weighted by atomic mass is 79.9. The van der Waals surface area contributed by atoms with Crippen molar-refractivity contribution in [3.63, 3.8) is 0 Å². The summed E-state index contributed by atoms with van der Waals surface area (Å²) in [6, 6.07) is 7.63. The van der Waals surface area contributed by atoms with Gasteiger partial charge < -0.3 is 56.4 Å². The second-order valence-electron chi connectivity index (χ2n) is 13.8. The van der Waals surface area contributed by atoms with Gasteiger partial charge in [0.1, 0.15) is 56.1 Å². The number of ether oxygens (including phenoxy) is 4.